The average Bonchev–Trinajstić information content (AvgIpc) is 2.23. The molecular weight excluding hydrogens is 369 g/mol. The van der Waals surface area contributed by atoms with Crippen LogP contribution in [0.4, 0.5) is 0 Å². The molecule has 0 saturated heterocycles. The highest BCUT2D eigenvalue weighted by Gasteiger charge is 2.12. The van der Waals surface area contributed by atoms with E-state index in [0.29, 0.717) is 23.0 Å². The summed E-state index contributed by atoms with van der Waals surface area (Å²) in [5.41, 5.74) is 0.563. The van der Waals surface area contributed by atoms with Gasteiger partial charge in [0.25, 0.3) is 5.91 Å². The molecule has 0 heterocycles. The van der Waals surface area contributed by atoms with E-state index in [0.717, 1.165) is 4.47 Å². The van der Waals surface area contributed by atoms with Gasteiger partial charge in [-0.3, -0.25) is 4.79 Å². The van der Waals surface area contributed by atoms with Crippen LogP contribution in [-0.2, 0) is 0 Å². The maximum absolute atomic E-state index is 11.9. The first-order valence-electron chi connectivity index (χ1n) is 5.28. The van der Waals surface area contributed by atoms with Crippen molar-refractivity contribution in [2.75, 3.05) is 6.54 Å². The minimum absolute atomic E-state index is 0.113. The summed E-state index contributed by atoms with van der Waals surface area (Å²) in [5.74, 6) is 0.361. The third-order valence-electron chi connectivity index (χ3n) is 2.31. The highest BCUT2D eigenvalue weighted by molar-refractivity contribution is 9.10. The van der Waals surface area contributed by atoms with Gasteiger partial charge in [-0.1, -0.05) is 57.3 Å². The number of hydrogen-bond donors (Lipinski definition) is 1. The van der Waals surface area contributed by atoms with Crippen molar-refractivity contribution in [3.05, 3.63) is 33.3 Å². The van der Waals surface area contributed by atoms with Crippen LogP contribution in [0.1, 0.15) is 24.2 Å². The van der Waals surface area contributed by atoms with Gasteiger partial charge in [0.15, 0.2) is 0 Å². The summed E-state index contributed by atoms with van der Waals surface area (Å²) in [7, 11) is 0. The maximum atomic E-state index is 11.9. The van der Waals surface area contributed by atoms with Crippen molar-refractivity contribution in [2.24, 2.45) is 5.92 Å². The molecule has 0 aliphatic carbocycles. The van der Waals surface area contributed by atoms with E-state index in [1.807, 2.05) is 0 Å². The topological polar surface area (TPSA) is 29.1 Å². The average molecular weight is 384 g/mol. The highest BCUT2D eigenvalue weighted by Crippen LogP contribution is 2.19. The SMILES string of the molecule is CC(C)C(Br)CNC(=O)c1cc(Cl)cc(Br)c1. The molecular formula is C12H14Br2ClNO. The fourth-order valence-corrected chi connectivity index (χ4v) is 2.23. The number of halogens is 3. The van der Waals surface area contributed by atoms with Crippen LogP contribution < -0.4 is 5.32 Å². The molecule has 1 rings (SSSR count). The fourth-order valence-electron chi connectivity index (χ4n) is 1.21. The Morgan fingerprint density at radius 1 is 1.41 bits per heavy atom. The van der Waals surface area contributed by atoms with Crippen LogP contribution >= 0.6 is 43.5 Å². The van der Waals surface area contributed by atoms with Crippen LogP contribution in [0.15, 0.2) is 22.7 Å². The Balaban J connectivity index is 2.64. The number of hydrogen-bond acceptors (Lipinski definition) is 1. The first-order chi connectivity index (χ1) is 7.90. The smallest absolute Gasteiger partial charge is 0.251 e. The summed E-state index contributed by atoms with van der Waals surface area (Å²) in [6.07, 6.45) is 0. The van der Waals surface area contributed by atoms with Gasteiger partial charge in [-0.2, -0.15) is 0 Å². The van der Waals surface area contributed by atoms with Crippen LogP contribution in [0.25, 0.3) is 0 Å². The summed E-state index contributed by atoms with van der Waals surface area (Å²) < 4.78 is 0.800. The van der Waals surface area contributed by atoms with Crippen molar-refractivity contribution >= 4 is 49.4 Å². The van der Waals surface area contributed by atoms with Gasteiger partial charge < -0.3 is 5.32 Å². The van der Waals surface area contributed by atoms with Gasteiger partial charge in [0.05, 0.1) is 0 Å². The van der Waals surface area contributed by atoms with Gasteiger partial charge in [0.1, 0.15) is 0 Å². The van der Waals surface area contributed by atoms with Crippen LogP contribution in [-0.4, -0.2) is 17.3 Å². The molecule has 94 valence electrons. The predicted molar refractivity (Wildman–Crippen MR) is 79.0 cm³/mol. The Hall–Kier alpha value is -0.0600. The lowest BCUT2D eigenvalue weighted by atomic mass is 10.1. The normalized spacial score (nSPS) is 12.6. The molecule has 0 aliphatic rings. The summed E-state index contributed by atoms with van der Waals surface area (Å²) in [6.45, 7) is 4.80. The Morgan fingerprint density at radius 2 is 2.06 bits per heavy atom. The summed E-state index contributed by atoms with van der Waals surface area (Å²) in [6, 6.07) is 5.15. The molecule has 0 saturated carbocycles. The number of amides is 1. The minimum atomic E-state index is -0.113. The number of carbonyl (C=O) groups is 1. The second-order valence-corrected chi connectivity index (χ2v) is 6.66. The predicted octanol–water partition coefficient (Wildman–Crippen LogP) is 4.25. The summed E-state index contributed by atoms with van der Waals surface area (Å²) >= 11 is 12.7. The third-order valence-corrected chi connectivity index (χ3v) is 4.36. The van der Waals surface area contributed by atoms with Crippen molar-refractivity contribution in [1.82, 2.24) is 5.32 Å². The Kier molecular flexibility index (Phi) is 5.97. The molecule has 1 N–H and O–H groups in total. The largest absolute Gasteiger partial charge is 0.351 e. The van der Waals surface area contributed by atoms with E-state index in [1.165, 1.54) is 0 Å². The molecule has 1 unspecified atom stereocenters. The van der Waals surface area contributed by atoms with Gasteiger partial charge in [0, 0.05) is 26.4 Å². The number of benzene rings is 1. The van der Waals surface area contributed by atoms with E-state index in [4.69, 9.17) is 11.6 Å². The van der Waals surface area contributed by atoms with E-state index in [1.54, 1.807) is 18.2 Å². The molecule has 0 fully saturated rings. The summed E-state index contributed by atoms with van der Waals surface area (Å²) in [4.78, 5) is 12.1. The molecule has 1 aromatic rings. The Bertz CT molecular complexity index is 389. The van der Waals surface area contributed by atoms with E-state index >= 15 is 0 Å². The quantitative estimate of drug-likeness (QED) is 0.774. The second-order valence-electron chi connectivity index (χ2n) is 4.13. The monoisotopic (exact) mass is 381 g/mol. The number of alkyl halides is 1. The maximum Gasteiger partial charge on any atom is 0.251 e. The number of rotatable bonds is 4. The number of nitrogens with one attached hydrogen (secondary N) is 1. The van der Waals surface area contributed by atoms with Crippen LogP contribution in [0, 0.1) is 5.92 Å². The zero-order valence-corrected chi connectivity index (χ0v) is 13.6. The second kappa shape index (κ2) is 6.76. The van der Waals surface area contributed by atoms with Crippen LogP contribution in [0.5, 0.6) is 0 Å². The van der Waals surface area contributed by atoms with Crippen LogP contribution in [0.3, 0.4) is 0 Å². The minimum Gasteiger partial charge on any atom is -0.351 e. The molecule has 1 amide bonds. The van der Waals surface area contributed by atoms with E-state index < -0.39 is 0 Å². The van der Waals surface area contributed by atoms with Crippen molar-refractivity contribution in [2.45, 2.75) is 18.7 Å². The van der Waals surface area contributed by atoms with E-state index in [2.05, 4.69) is 51.0 Å². The lowest BCUT2D eigenvalue weighted by Crippen LogP contribution is -2.31. The first-order valence-corrected chi connectivity index (χ1v) is 7.37. The number of carbonyl (C=O) groups excluding carboxylic acids is 1. The molecule has 17 heavy (non-hydrogen) atoms. The first kappa shape index (κ1) is 15.0. The van der Waals surface area contributed by atoms with Crippen molar-refractivity contribution in [3.63, 3.8) is 0 Å². The van der Waals surface area contributed by atoms with Crippen molar-refractivity contribution in [3.8, 4) is 0 Å². The zero-order valence-electron chi connectivity index (χ0n) is 9.64. The molecule has 0 radical (unpaired) electrons. The fraction of sp³-hybridized carbons (Fsp3) is 0.417. The van der Waals surface area contributed by atoms with E-state index in [9.17, 15) is 4.79 Å². The molecule has 0 aromatic heterocycles. The molecule has 0 bridgehead atoms. The van der Waals surface area contributed by atoms with Crippen molar-refractivity contribution in [1.29, 1.82) is 0 Å². The highest BCUT2D eigenvalue weighted by atomic mass is 79.9. The molecule has 0 spiro atoms. The zero-order chi connectivity index (χ0) is 13.0. The molecule has 0 aliphatic heterocycles. The van der Waals surface area contributed by atoms with Gasteiger partial charge in [-0.25, -0.2) is 0 Å². The molecule has 1 atom stereocenters. The van der Waals surface area contributed by atoms with Gasteiger partial charge in [-0.15, -0.1) is 0 Å². The lowest BCUT2D eigenvalue weighted by molar-refractivity contribution is 0.0953. The Labute approximate surface area is 123 Å². The van der Waals surface area contributed by atoms with Crippen molar-refractivity contribution < 1.29 is 4.79 Å². The van der Waals surface area contributed by atoms with Gasteiger partial charge in [-0.05, 0) is 24.1 Å². The standard InChI is InChI=1S/C12H14Br2ClNO/c1-7(2)11(14)6-16-12(17)8-3-9(13)5-10(15)4-8/h3-5,7,11H,6H2,1-2H3,(H,16,17). The molecule has 1 aromatic carbocycles. The van der Waals surface area contributed by atoms with Gasteiger partial charge >= 0.3 is 0 Å². The molecule has 5 heteroatoms. The Morgan fingerprint density at radius 3 is 2.59 bits per heavy atom. The van der Waals surface area contributed by atoms with E-state index in [-0.39, 0.29) is 10.7 Å². The lowest BCUT2D eigenvalue weighted by Gasteiger charge is -2.14. The van der Waals surface area contributed by atoms with Gasteiger partial charge in [0.2, 0.25) is 0 Å². The molecule has 2 nitrogen and oxygen atoms in total. The summed E-state index contributed by atoms with van der Waals surface area (Å²) in [5, 5.41) is 3.41. The van der Waals surface area contributed by atoms with Crippen LogP contribution in [0.2, 0.25) is 5.02 Å². The third kappa shape index (κ3) is 4.98.